The van der Waals surface area contributed by atoms with Gasteiger partial charge in [-0.05, 0) is 26.2 Å². The molecular formula is C16H26N4O2. The van der Waals surface area contributed by atoms with Crippen LogP contribution in [-0.4, -0.2) is 53.5 Å². The number of aliphatic hydroxyl groups excluding tert-OH is 1. The van der Waals surface area contributed by atoms with Crippen molar-refractivity contribution in [3.05, 3.63) is 11.3 Å². The van der Waals surface area contributed by atoms with Crippen LogP contribution in [0, 0.1) is 6.92 Å². The normalized spacial score (nSPS) is 20.0. The molecule has 0 aliphatic carbocycles. The first-order valence-electron chi connectivity index (χ1n) is 8.32. The second-order valence-electron chi connectivity index (χ2n) is 6.28. The van der Waals surface area contributed by atoms with Crippen molar-refractivity contribution in [2.45, 2.75) is 51.7 Å². The summed E-state index contributed by atoms with van der Waals surface area (Å²) < 4.78 is 5.42. The van der Waals surface area contributed by atoms with Gasteiger partial charge in [0.25, 0.3) is 0 Å². The maximum absolute atomic E-state index is 9.51. The van der Waals surface area contributed by atoms with Crippen molar-refractivity contribution < 1.29 is 9.84 Å². The van der Waals surface area contributed by atoms with Crippen molar-refractivity contribution in [2.75, 3.05) is 36.5 Å². The highest BCUT2D eigenvalue weighted by atomic mass is 16.5. The van der Waals surface area contributed by atoms with E-state index in [-0.39, 0.29) is 6.10 Å². The molecule has 2 N–H and O–H groups in total. The first-order chi connectivity index (χ1) is 10.7. The molecule has 1 aromatic heterocycles. The van der Waals surface area contributed by atoms with Crippen LogP contribution in [-0.2, 0) is 11.2 Å². The van der Waals surface area contributed by atoms with Crippen LogP contribution in [0.25, 0.3) is 0 Å². The highest BCUT2D eigenvalue weighted by Crippen LogP contribution is 2.25. The average Bonchev–Trinajstić information content (AvgIpc) is 2.49. The summed E-state index contributed by atoms with van der Waals surface area (Å²) in [4.78, 5) is 11.5. The molecule has 6 nitrogen and oxygen atoms in total. The Morgan fingerprint density at radius 1 is 1.27 bits per heavy atom. The molecule has 3 rings (SSSR count). The molecule has 6 heteroatoms. The van der Waals surface area contributed by atoms with Gasteiger partial charge in [0.1, 0.15) is 5.82 Å². The topological polar surface area (TPSA) is 70.5 Å². The minimum absolute atomic E-state index is 0.244. The van der Waals surface area contributed by atoms with Crippen LogP contribution in [0.5, 0.6) is 0 Å². The molecule has 0 atom stereocenters. The van der Waals surface area contributed by atoms with Crippen LogP contribution in [0.15, 0.2) is 0 Å². The van der Waals surface area contributed by atoms with E-state index in [1.807, 2.05) is 4.90 Å². The fourth-order valence-electron chi connectivity index (χ4n) is 2.97. The zero-order valence-electron chi connectivity index (χ0n) is 13.5. The van der Waals surface area contributed by atoms with Crippen LogP contribution < -0.4 is 10.2 Å². The van der Waals surface area contributed by atoms with E-state index >= 15 is 0 Å². The number of anilines is 2. The van der Waals surface area contributed by atoms with E-state index < -0.39 is 0 Å². The van der Waals surface area contributed by atoms with E-state index in [1.54, 1.807) is 0 Å². The summed E-state index contributed by atoms with van der Waals surface area (Å²) in [6.45, 7) is 7.15. The highest BCUT2D eigenvalue weighted by molar-refractivity contribution is 5.52. The minimum Gasteiger partial charge on any atom is -0.389 e. The van der Waals surface area contributed by atoms with Crippen LogP contribution in [0.2, 0.25) is 0 Å². The molecule has 0 aromatic carbocycles. The van der Waals surface area contributed by atoms with Crippen molar-refractivity contribution in [2.24, 2.45) is 0 Å². The van der Waals surface area contributed by atoms with Gasteiger partial charge in [0.2, 0.25) is 5.95 Å². The maximum Gasteiger partial charge on any atom is 0.227 e. The molecule has 0 bridgehead atoms. The van der Waals surface area contributed by atoms with Gasteiger partial charge in [0, 0.05) is 37.9 Å². The molecule has 22 heavy (non-hydrogen) atoms. The molecule has 0 saturated carbocycles. The molecule has 0 radical (unpaired) electrons. The Kier molecular flexibility index (Phi) is 4.78. The number of ether oxygens (including phenoxy) is 1. The summed E-state index contributed by atoms with van der Waals surface area (Å²) in [5.74, 6) is 1.69. The summed E-state index contributed by atoms with van der Waals surface area (Å²) in [6.07, 6.45) is 3.82. The first kappa shape index (κ1) is 15.5. The Balaban J connectivity index is 1.82. The molecule has 3 heterocycles. The average molecular weight is 306 g/mol. The highest BCUT2D eigenvalue weighted by Gasteiger charge is 2.28. The number of nitrogens with one attached hydrogen (secondary N) is 1. The Labute approximate surface area is 131 Å². The van der Waals surface area contributed by atoms with Crippen LogP contribution in [0.1, 0.15) is 37.4 Å². The number of hydrogen-bond donors (Lipinski definition) is 2. The van der Waals surface area contributed by atoms with Gasteiger partial charge in [-0.2, -0.15) is 4.98 Å². The number of nitrogens with zero attached hydrogens (tertiary/aromatic N) is 3. The summed E-state index contributed by atoms with van der Waals surface area (Å²) in [5, 5.41) is 13.1. The molecule has 2 aliphatic rings. The lowest BCUT2D eigenvalue weighted by Crippen LogP contribution is -2.51. The second-order valence-corrected chi connectivity index (χ2v) is 6.28. The zero-order chi connectivity index (χ0) is 15.5. The largest absolute Gasteiger partial charge is 0.389 e. The predicted octanol–water partition coefficient (Wildman–Crippen LogP) is 1.51. The summed E-state index contributed by atoms with van der Waals surface area (Å²) in [7, 11) is 0. The molecule has 0 spiro atoms. The Morgan fingerprint density at radius 2 is 2.00 bits per heavy atom. The fraction of sp³-hybridized carbons (Fsp3) is 0.750. The maximum atomic E-state index is 9.51. The van der Waals surface area contributed by atoms with Crippen molar-refractivity contribution in [1.82, 2.24) is 9.97 Å². The number of rotatable bonds is 5. The van der Waals surface area contributed by atoms with E-state index in [4.69, 9.17) is 14.7 Å². The van der Waals surface area contributed by atoms with Crippen molar-refractivity contribution in [3.63, 3.8) is 0 Å². The zero-order valence-corrected chi connectivity index (χ0v) is 13.5. The molecule has 0 unspecified atom stereocenters. The van der Waals surface area contributed by atoms with E-state index in [2.05, 4.69) is 19.2 Å². The summed E-state index contributed by atoms with van der Waals surface area (Å²) in [6, 6.07) is 0.423. The van der Waals surface area contributed by atoms with Gasteiger partial charge < -0.3 is 20.1 Å². The standard InChI is InChI=1S/C16H26N4O2/c1-3-4-14-11(2)15(17-12-5-7-22-8-6-12)19-16(18-14)20-9-13(21)10-20/h12-13,21H,3-10H2,1-2H3,(H,17,18,19). The number of hydrogen-bond acceptors (Lipinski definition) is 6. The molecule has 2 saturated heterocycles. The van der Waals surface area contributed by atoms with Gasteiger partial charge in [-0.3, -0.25) is 0 Å². The predicted molar refractivity (Wildman–Crippen MR) is 86.4 cm³/mol. The van der Waals surface area contributed by atoms with E-state index in [9.17, 15) is 5.11 Å². The lowest BCUT2D eigenvalue weighted by molar-refractivity contribution is 0.0903. The van der Waals surface area contributed by atoms with E-state index in [0.717, 1.165) is 61.9 Å². The van der Waals surface area contributed by atoms with Gasteiger partial charge in [0.05, 0.1) is 11.8 Å². The summed E-state index contributed by atoms with van der Waals surface area (Å²) >= 11 is 0. The number of aryl methyl sites for hydroxylation is 1. The van der Waals surface area contributed by atoms with Crippen molar-refractivity contribution in [1.29, 1.82) is 0 Å². The monoisotopic (exact) mass is 306 g/mol. The lowest BCUT2D eigenvalue weighted by atomic mass is 10.1. The first-order valence-corrected chi connectivity index (χ1v) is 8.32. The van der Waals surface area contributed by atoms with Gasteiger partial charge in [0.15, 0.2) is 0 Å². The minimum atomic E-state index is -0.244. The fourth-order valence-corrected chi connectivity index (χ4v) is 2.97. The van der Waals surface area contributed by atoms with Gasteiger partial charge in [-0.1, -0.05) is 13.3 Å². The molecule has 2 aliphatic heterocycles. The van der Waals surface area contributed by atoms with Crippen molar-refractivity contribution >= 4 is 11.8 Å². The third kappa shape index (κ3) is 3.33. The smallest absolute Gasteiger partial charge is 0.227 e. The third-order valence-corrected chi connectivity index (χ3v) is 4.43. The molecular weight excluding hydrogens is 280 g/mol. The third-order valence-electron chi connectivity index (χ3n) is 4.43. The van der Waals surface area contributed by atoms with E-state index in [0.29, 0.717) is 19.1 Å². The van der Waals surface area contributed by atoms with Gasteiger partial charge in [-0.25, -0.2) is 4.98 Å². The van der Waals surface area contributed by atoms with E-state index in [1.165, 1.54) is 0 Å². The SMILES string of the molecule is CCCc1nc(N2CC(O)C2)nc(NC2CCOCC2)c1C. The van der Waals surface area contributed by atoms with Crippen LogP contribution in [0.3, 0.4) is 0 Å². The second kappa shape index (κ2) is 6.79. The Morgan fingerprint density at radius 3 is 2.64 bits per heavy atom. The Hall–Kier alpha value is -1.40. The quantitative estimate of drug-likeness (QED) is 0.859. The van der Waals surface area contributed by atoms with Crippen LogP contribution in [0.4, 0.5) is 11.8 Å². The van der Waals surface area contributed by atoms with Crippen LogP contribution >= 0.6 is 0 Å². The van der Waals surface area contributed by atoms with Crippen molar-refractivity contribution in [3.8, 4) is 0 Å². The number of aromatic nitrogens is 2. The van der Waals surface area contributed by atoms with Gasteiger partial charge in [-0.15, -0.1) is 0 Å². The van der Waals surface area contributed by atoms with Gasteiger partial charge >= 0.3 is 0 Å². The molecule has 2 fully saturated rings. The number of β-amino-alcohol motifs (C(OH)–C–C–N with tert-alkyl or cyclic N) is 1. The Bertz CT molecular complexity index is 511. The molecule has 0 amide bonds. The number of aliphatic hydroxyl groups is 1. The lowest BCUT2D eigenvalue weighted by Gasteiger charge is -2.36. The molecule has 122 valence electrons. The summed E-state index contributed by atoms with van der Waals surface area (Å²) in [5.41, 5.74) is 2.27. The molecule has 1 aromatic rings.